The number of aromatic nitrogens is 3. The van der Waals surface area contributed by atoms with Crippen LogP contribution in [0.2, 0.25) is 5.15 Å². The van der Waals surface area contributed by atoms with Crippen LogP contribution in [0.4, 0.5) is 5.13 Å². The standard InChI is InChI=1S/C12H11ClN4O3S/c1-2-20-10(18)5-7-6-21-12(14-7)15-11(19)8-3-4-9(13)17-16-8/h3-4,6H,2,5H2,1H3,(H,14,15,19). The van der Waals surface area contributed by atoms with Gasteiger partial charge in [0.25, 0.3) is 5.91 Å². The van der Waals surface area contributed by atoms with Crippen LogP contribution in [0, 0.1) is 0 Å². The largest absolute Gasteiger partial charge is 0.466 e. The van der Waals surface area contributed by atoms with E-state index in [1.807, 2.05) is 0 Å². The van der Waals surface area contributed by atoms with Crippen molar-refractivity contribution in [2.24, 2.45) is 0 Å². The van der Waals surface area contributed by atoms with Crippen molar-refractivity contribution >= 4 is 39.9 Å². The van der Waals surface area contributed by atoms with Crippen LogP contribution in [-0.4, -0.2) is 33.7 Å². The third-order valence-electron chi connectivity index (χ3n) is 2.27. The van der Waals surface area contributed by atoms with E-state index >= 15 is 0 Å². The highest BCUT2D eigenvalue weighted by molar-refractivity contribution is 7.14. The number of hydrogen-bond acceptors (Lipinski definition) is 7. The fourth-order valence-electron chi connectivity index (χ4n) is 1.40. The maximum atomic E-state index is 11.9. The molecule has 2 rings (SSSR count). The summed E-state index contributed by atoms with van der Waals surface area (Å²) < 4.78 is 4.82. The van der Waals surface area contributed by atoms with Crippen molar-refractivity contribution in [3.63, 3.8) is 0 Å². The minimum atomic E-state index is -0.448. The van der Waals surface area contributed by atoms with E-state index in [0.29, 0.717) is 17.4 Å². The zero-order valence-electron chi connectivity index (χ0n) is 11.0. The Hall–Kier alpha value is -2.06. The van der Waals surface area contributed by atoms with Gasteiger partial charge in [0.05, 0.1) is 18.7 Å². The average molecular weight is 327 g/mol. The molecule has 2 heterocycles. The molecule has 0 aromatic carbocycles. The lowest BCUT2D eigenvalue weighted by Gasteiger charge is -2.00. The Morgan fingerprint density at radius 3 is 2.86 bits per heavy atom. The summed E-state index contributed by atoms with van der Waals surface area (Å²) in [7, 11) is 0. The lowest BCUT2D eigenvalue weighted by Crippen LogP contribution is -2.14. The quantitative estimate of drug-likeness (QED) is 0.844. The second-order valence-corrected chi connectivity index (χ2v) is 5.07. The van der Waals surface area contributed by atoms with E-state index in [9.17, 15) is 9.59 Å². The van der Waals surface area contributed by atoms with Crippen LogP contribution in [-0.2, 0) is 16.0 Å². The normalized spacial score (nSPS) is 10.2. The number of thiazole rings is 1. The van der Waals surface area contributed by atoms with Gasteiger partial charge < -0.3 is 4.74 Å². The van der Waals surface area contributed by atoms with Gasteiger partial charge in [0.2, 0.25) is 0 Å². The Balaban J connectivity index is 1.97. The van der Waals surface area contributed by atoms with Crippen molar-refractivity contribution in [2.45, 2.75) is 13.3 Å². The summed E-state index contributed by atoms with van der Waals surface area (Å²) in [6.45, 7) is 2.06. The number of amides is 1. The van der Waals surface area contributed by atoms with Gasteiger partial charge in [0.15, 0.2) is 16.0 Å². The number of esters is 1. The van der Waals surface area contributed by atoms with Crippen LogP contribution in [0.1, 0.15) is 23.1 Å². The smallest absolute Gasteiger partial charge is 0.311 e. The van der Waals surface area contributed by atoms with Crippen molar-refractivity contribution in [3.05, 3.63) is 34.1 Å². The first kappa shape index (κ1) is 15.3. The van der Waals surface area contributed by atoms with Crippen molar-refractivity contribution in [3.8, 4) is 0 Å². The molecule has 0 bridgehead atoms. The van der Waals surface area contributed by atoms with Crippen molar-refractivity contribution in [1.82, 2.24) is 15.2 Å². The van der Waals surface area contributed by atoms with Crippen molar-refractivity contribution in [2.75, 3.05) is 11.9 Å². The maximum absolute atomic E-state index is 11.9. The molecule has 0 fully saturated rings. The number of halogens is 1. The van der Waals surface area contributed by atoms with E-state index in [1.54, 1.807) is 12.3 Å². The SMILES string of the molecule is CCOC(=O)Cc1csc(NC(=O)c2ccc(Cl)nn2)n1. The molecule has 0 atom stereocenters. The third kappa shape index (κ3) is 4.47. The fourth-order valence-corrected chi connectivity index (χ4v) is 2.21. The summed E-state index contributed by atoms with van der Waals surface area (Å²) in [6.07, 6.45) is 0.0704. The van der Waals surface area contributed by atoms with Crippen LogP contribution in [0.3, 0.4) is 0 Å². The fraction of sp³-hybridized carbons (Fsp3) is 0.250. The summed E-state index contributed by atoms with van der Waals surface area (Å²) in [6, 6.07) is 2.93. The molecule has 21 heavy (non-hydrogen) atoms. The van der Waals surface area contributed by atoms with Gasteiger partial charge in [-0.1, -0.05) is 11.6 Å². The Morgan fingerprint density at radius 1 is 1.38 bits per heavy atom. The molecule has 0 saturated heterocycles. The molecule has 110 valence electrons. The maximum Gasteiger partial charge on any atom is 0.311 e. The number of anilines is 1. The summed E-state index contributed by atoms with van der Waals surface area (Å²) in [5.74, 6) is -0.805. The van der Waals surface area contributed by atoms with Crippen molar-refractivity contribution in [1.29, 1.82) is 0 Å². The average Bonchev–Trinajstić information content (AvgIpc) is 2.86. The van der Waals surface area contributed by atoms with Gasteiger partial charge in [-0.2, -0.15) is 0 Å². The van der Waals surface area contributed by atoms with Crippen LogP contribution in [0.25, 0.3) is 0 Å². The molecule has 2 aromatic rings. The van der Waals surface area contributed by atoms with Crippen molar-refractivity contribution < 1.29 is 14.3 Å². The number of rotatable bonds is 5. The van der Waals surface area contributed by atoms with Gasteiger partial charge in [0, 0.05) is 5.38 Å². The summed E-state index contributed by atoms with van der Waals surface area (Å²) in [5, 5.41) is 12.1. The molecule has 0 saturated carbocycles. The second-order valence-electron chi connectivity index (χ2n) is 3.82. The highest BCUT2D eigenvalue weighted by Crippen LogP contribution is 2.17. The molecule has 0 spiro atoms. The second kappa shape index (κ2) is 7.09. The molecule has 1 N–H and O–H groups in total. The third-order valence-corrected chi connectivity index (χ3v) is 3.28. The molecule has 0 aliphatic carbocycles. The van der Waals surface area contributed by atoms with E-state index in [0.717, 1.165) is 0 Å². The van der Waals surface area contributed by atoms with E-state index in [4.69, 9.17) is 16.3 Å². The minimum Gasteiger partial charge on any atom is -0.466 e. The van der Waals surface area contributed by atoms with Gasteiger partial charge in [-0.25, -0.2) is 4.98 Å². The van der Waals surface area contributed by atoms with Crippen LogP contribution in [0.15, 0.2) is 17.5 Å². The van der Waals surface area contributed by atoms with Gasteiger partial charge in [-0.3, -0.25) is 14.9 Å². The number of carbonyl (C=O) groups excluding carboxylic acids is 2. The summed E-state index contributed by atoms with van der Waals surface area (Å²) in [4.78, 5) is 27.3. The Bertz CT molecular complexity index is 644. The van der Waals surface area contributed by atoms with Crippen LogP contribution in [0.5, 0.6) is 0 Å². The predicted octanol–water partition coefficient (Wildman–Crippen LogP) is 1.94. The molecule has 2 aromatic heterocycles. The number of ether oxygens (including phenoxy) is 1. The highest BCUT2D eigenvalue weighted by Gasteiger charge is 2.12. The number of hydrogen-bond donors (Lipinski definition) is 1. The molecule has 0 aliphatic rings. The molecule has 9 heteroatoms. The summed E-state index contributed by atoms with van der Waals surface area (Å²) >= 11 is 6.81. The Labute approximate surface area is 129 Å². The summed E-state index contributed by atoms with van der Waals surface area (Å²) in [5.41, 5.74) is 0.664. The molecular weight excluding hydrogens is 316 g/mol. The van der Waals surface area contributed by atoms with E-state index < -0.39 is 5.91 Å². The predicted molar refractivity (Wildman–Crippen MR) is 77.4 cm³/mol. The first-order valence-electron chi connectivity index (χ1n) is 5.99. The Morgan fingerprint density at radius 2 is 2.19 bits per heavy atom. The topological polar surface area (TPSA) is 94.1 Å². The highest BCUT2D eigenvalue weighted by atomic mass is 35.5. The molecule has 0 unspecified atom stereocenters. The van der Waals surface area contributed by atoms with Crippen LogP contribution >= 0.6 is 22.9 Å². The van der Waals surface area contributed by atoms with Gasteiger partial charge in [-0.15, -0.1) is 21.5 Å². The van der Waals surface area contributed by atoms with E-state index in [-0.39, 0.29) is 23.2 Å². The zero-order chi connectivity index (χ0) is 15.2. The number of nitrogens with one attached hydrogen (secondary N) is 1. The van der Waals surface area contributed by atoms with Crippen LogP contribution < -0.4 is 5.32 Å². The number of carbonyl (C=O) groups is 2. The zero-order valence-corrected chi connectivity index (χ0v) is 12.6. The lowest BCUT2D eigenvalue weighted by atomic mass is 10.3. The van der Waals surface area contributed by atoms with E-state index in [2.05, 4.69) is 20.5 Å². The molecule has 1 amide bonds. The van der Waals surface area contributed by atoms with Gasteiger partial charge >= 0.3 is 5.97 Å². The molecule has 0 radical (unpaired) electrons. The first-order valence-corrected chi connectivity index (χ1v) is 7.25. The van der Waals surface area contributed by atoms with E-state index in [1.165, 1.54) is 23.5 Å². The molecule has 7 nitrogen and oxygen atoms in total. The van der Waals surface area contributed by atoms with Gasteiger partial charge in [-0.05, 0) is 19.1 Å². The lowest BCUT2D eigenvalue weighted by molar-refractivity contribution is -0.142. The van der Waals surface area contributed by atoms with Gasteiger partial charge in [0.1, 0.15) is 0 Å². The molecule has 0 aliphatic heterocycles. The number of nitrogens with zero attached hydrogens (tertiary/aromatic N) is 3. The minimum absolute atomic E-state index is 0.0704. The first-order chi connectivity index (χ1) is 10.1. The molecular formula is C12H11ClN4O3S. The monoisotopic (exact) mass is 326 g/mol. The Kier molecular flexibility index (Phi) is 5.18.